The molecule has 0 spiro atoms. The zero-order valence-electron chi connectivity index (χ0n) is 12.1. The van der Waals surface area contributed by atoms with E-state index in [4.69, 9.17) is 0 Å². The van der Waals surface area contributed by atoms with Crippen molar-refractivity contribution in [2.45, 2.75) is 25.7 Å². The molecule has 0 radical (unpaired) electrons. The number of likely N-dealkylation sites (tertiary alicyclic amines) is 1. The summed E-state index contributed by atoms with van der Waals surface area (Å²) in [5, 5.41) is 1.39. The van der Waals surface area contributed by atoms with E-state index in [0.29, 0.717) is 0 Å². The van der Waals surface area contributed by atoms with Crippen molar-refractivity contribution in [2.24, 2.45) is 13.0 Å². The number of fused-ring (bicyclic) bond motifs is 1. The number of benzene rings is 1. The van der Waals surface area contributed by atoms with Crippen molar-refractivity contribution < 1.29 is 4.79 Å². The van der Waals surface area contributed by atoms with Crippen LogP contribution >= 0.6 is 0 Å². The number of amides is 1. The van der Waals surface area contributed by atoms with Gasteiger partial charge in [0.15, 0.2) is 0 Å². The van der Waals surface area contributed by atoms with Crippen LogP contribution in [-0.4, -0.2) is 29.0 Å². The van der Waals surface area contributed by atoms with Crippen molar-refractivity contribution in [3.05, 3.63) is 36.0 Å². The largest absolute Gasteiger partial charge is 0.350 e. The van der Waals surface area contributed by atoms with Gasteiger partial charge in [-0.3, -0.25) is 4.79 Å². The van der Waals surface area contributed by atoms with Crippen molar-refractivity contribution in [1.29, 1.82) is 0 Å². The fourth-order valence-corrected chi connectivity index (χ4v) is 3.33. The molecular formula is C17H22N2O. The fourth-order valence-electron chi connectivity index (χ4n) is 3.33. The molecule has 1 aromatic carbocycles. The van der Waals surface area contributed by atoms with Gasteiger partial charge in [0.25, 0.3) is 0 Å². The molecule has 0 N–H and O–H groups in total. The lowest BCUT2D eigenvalue weighted by molar-refractivity contribution is -0.119. The predicted molar refractivity (Wildman–Crippen MR) is 81.6 cm³/mol. The Morgan fingerprint density at radius 1 is 1.25 bits per heavy atom. The molecule has 1 aromatic heterocycles. The maximum atomic E-state index is 10.7. The highest BCUT2D eigenvalue weighted by Gasteiger charge is 2.18. The fraction of sp³-hybridized carbons (Fsp3) is 0.471. The van der Waals surface area contributed by atoms with E-state index >= 15 is 0 Å². The first-order valence-electron chi connectivity index (χ1n) is 7.50. The molecule has 1 fully saturated rings. The molecule has 1 amide bonds. The average Bonchev–Trinajstić information content (AvgIpc) is 2.83. The third-order valence-corrected chi connectivity index (χ3v) is 4.60. The van der Waals surface area contributed by atoms with Crippen LogP contribution in [0.5, 0.6) is 0 Å². The van der Waals surface area contributed by atoms with Gasteiger partial charge in [0, 0.05) is 37.2 Å². The minimum Gasteiger partial charge on any atom is -0.350 e. The topological polar surface area (TPSA) is 25.2 Å². The van der Waals surface area contributed by atoms with E-state index in [0.717, 1.165) is 44.7 Å². The Labute approximate surface area is 120 Å². The van der Waals surface area contributed by atoms with E-state index in [1.165, 1.54) is 22.9 Å². The first-order chi connectivity index (χ1) is 9.78. The number of rotatable bonds is 4. The van der Waals surface area contributed by atoms with Crippen LogP contribution in [-0.2, 0) is 18.3 Å². The quantitative estimate of drug-likeness (QED) is 0.784. The molecule has 3 nitrogen and oxygen atoms in total. The summed E-state index contributed by atoms with van der Waals surface area (Å²) >= 11 is 0. The monoisotopic (exact) mass is 270 g/mol. The number of hydrogen-bond acceptors (Lipinski definition) is 1. The van der Waals surface area contributed by atoms with Crippen molar-refractivity contribution in [3.8, 4) is 0 Å². The minimum atomic E-state index is 0.769. The summed E-state index contributed by atoms with van der Waals surface area (Å²) in [6, 6.07) is 8.62. The standard InChI is InChI=1S/C17H22N2O/c1-18-12-15(16-4-2-3-5-17(16)18)7-6-14-8-10-19(13-20)11-9-14/h2-5,12-14H,6-11H2,1H3. The number of para-hydroxylation sites is 1. The third-order valence-electron chi connectivity index (χ3n) is 4.60. The van der Waals surface area contributed by atoms with Crippen LogP contribution < -0.4 is 0 Å². The van der Waals surface area contributed by atoms with Crippen molar-refractivity contribution in [2.75, 3.05) is 13.1 Å². The molecule has 0 aliphatic carbocycles. The molecular weight excluding hydrogens is 248 g/mol. The molecule has 1 aliphatic rings. The van der Waals surface area contributed by atoms with E-state index in [1.54, 1.807) is 0 Å². The number of carbonyl (C=O) groups is 1. The first kappa shape index (κ1) is 13.2. The lowest BCUT2D eigenvalue weighted by atomic mass is 9.91. The maximum absolute atomic E-state index is 10.7. The summed E-state index contributed by atoms with van der Waals surface area (Å²) in [5.74, 6) is 0.769. The number of nitrogens with zero attached hydrogens (tertiary/aromatic N) is 2. The highest BCUT2D eigenvalue weighted by molar-refractivity contribution is 5.83. The smallest absolute Gasteiger partial charge is 0.209 e. The number of aromatic nitrogens is 1. The Hall–Kier alpha value is -1.77. The summed E-state index contributed by atoms with van der Waals surface area (Å²) in [7, 11) is 2.12. The lowest BCUT2D eigenvalue weighted by Crippen LogP contribution is -2.32. The number of aryl methyl sites for hydroxylation is 2. The summed E-state index contributed by atoms with van der Waals surface area (Å²) < 4.78 is 2.22. The molecule has 2 aromatic rings. The SMILES string of the molecule is Cn1cc(CCC2CCN(C=O)CC2)c2ccccc21. The van der Waals surface area contributed by atoms with E-state index in [9.17, 15) is 4.79 Å². The molecule has 1 saturated heterocycles. The normalized spacial score (nSPS) is 16.8. The van der Waals surface area contributed by atoms with E-state index < -0.39 is 0 Å². The van der Waals surface area contributed by atoms with Gasteiger partial charge in [-0.25, -0.2) is 0 Å². The highest BCUT2D eigenvalue weighted by Crippen LogP contribution is 2.26. The van der Waals surface area contributed by atoms with Crippen molar-refractivity contribution in [3.63, 3.8) is 0 Å². The molecule has 0 saturated carbocycles. The first-order valence-corrected chi connectivity index (χ1v) is 7.50. The molecule has 2 heterocycles. The van der Waals surface area contributed by atoms with Crippen molar-refractivity contribution >= 4 is 17.3 Å². The van der Waals surface area contributed by atoms with E-state index in [-0.39, 0.29) is 0 Å². The number of carbonyl (C=O) groups excluding carboxylic acids is 1. The van der Waals surface area contributed by atoms with Gasteiger partial charge in [-0.05, 0) is 43.2 Å². The Morgan fingerprint density at radius 3 is 2.75 bits per heavy atom. The van der Waals surface area contributed by atoms with Crippen LogP contribution in [0, 0.1) is 5.92 Å². The molecule has 0 unspecified atom stereocenters. The highest BCUT2D eigenvalue weighted by atomic mass is 16.1. The van der Waals surface area contributed by atoms with E-state index in [1.807, 2.05) is 4.90 Å². The summed E-state index contributed by atoms with van der Waals surface area (Å²) in [4.78, 5) is 12.6. The van der Waals surface area contributed by atoms with Crippen LogP contribution in [0.1, 0.15) is 24.8 Å². The van der Waals surface area contributed by atoms with Gasteiger partial charge < -0.3 is 9.47 Å². The molecule has 106 valence electrons. The Morgan fingerprint density at radius 2 is 2.00 bits per heavy atom. The van der Waals surface area contributed by atoms with Gasteiger partial charge in [-0.1, -0.05) is 18.2 Å². The van der Waals surface area contributed by atoms with Crippen LogP contribution in [0.4, 0.5) is 0 Å². The van der Waals surface area contributed by atoms with Crippen LogP contribution in [0.2, 0.25) is 0 Å². The van der Waals surface area contributed by atoms with Crippen LogP contribution in [0.15, 0.2) is 30.5 Å². The summed E-state index contributed by atoms with van der Waals surface area (Å²) in [5.41, 5.74) is 2.78. The predicted octanol–water partition coefficient (Wildman–Crippen LogP) is 2.98. The minimum absolute atomic E-state index is 0.769. The molecule has 3 rings (SSSR count). The van der Waals surface area contributed by atoms with Gasteiger partial charge in [0.1, 0.15) is 0 Å². The molecule has 1 aliphatic heterocycles. The summed E-state index contributed by atoms with van der Waals surface area (Å²) in [6.45, 7) is 1.87. The summed E-state index contributed by atoms with van der Waals surface area (Å²) in [6.07, 6.45) is 7.95. The van der Waals surface area contributed by atoms with Gasteiger partial charge in [0.05, 0.1) is 0 Å². The van der Waals surface area contributed by atoms with Gasteiger partial charge in [-0.2, -0.15) is 0 Å². The third kappa shape index (κ3) is 2.58. The Kier molecular flexibility index (Phi) is 3.77. The number of hydrogen-bond donors (Lipinski definition) is 0. The van der Waals surface area contributed by atoms with Crippen molar-refractivity contribution in [1.82, 2.24) is 9.47 Å². The van der Waals surface area contributed by atoms with Crippen LogP contribution in [0.3, 0.4) is 0 Å². The lowest BCUT2D eigenvalue weighted by Gasteiger charge is -2.29. The van der Waals surface area contributed by atoms with Crippen LogP contribution in [0.25, 0.3) is 10.9 Å². The number of piperidine rings is 1. The molecule has 3 heteroatoms. The molecule has 0 atom stereocenters. The van der Waals surface area contributed by atoms with Gasteiger partial charge in [0.2, 0.25) is 6.41 Å². The second kappa shape index (κ2) is 5.70. The van der Waals surface area contributed by atoms with E-state index in [2.05, 4.69) is 42.1 Å². The molecule has 0 bridgehead atoms. The zero-order chi connectivity index (χ0) is 13.9. The molecule has 20 heavy (non-hydrogen) atoms. The second-order valence-corrected chi connectivity index (χ2v) is 5.91. The van der Waals surface area contributed by atoms with Gasteiger partial charge in [-0.15, -0.1) is 0 Å². The Balaban J connectivity index is 1.64. The Bertz CT molecular complexity index is 594. The zero-order valence-corrected chi connectivity index (χ0v) is 12.1. The maximum Gasteiger partial charge on any atom is 0.209 e. The van der Waals surface area contributed by atoms with Gasteiger partial charge >= 0.3 is 0 Å². The average molecular weight is 270 g/mol. The second-order valence-electron chi connectivity index (χ2n) is 5.91.